The normalized spacial score (nSPS) is 15.5. The van der Waals surface area contributed by atoms with Gasteiger partial charge < -0.3 is 9.15 Å². The van der Waals surface area contributed by atoms with E-state index in [0.29, 0.717) is 52.1 Å². The molecular weight excluding hydrogens is 401 g/mol. The molecule has 2 heterocycles. The fourth-order valence-electron chi connectivity index (χ4n) is 3.23. The van der Waals surface area contributed by atoms with Crippen LogP contribution in [-0.4, -0.2) is 31.2 Å². The minimum absolute atomic E-state index is 0.117. The molecule has 1 aliphatic heterocycles. The molecule has 0 N–H and O–H groups in total. The summed E-state index contributed by atoms with van der Waals surface area (Å²) in [5, 5.41) is 0.498. The summed E-state index contributed by atoms with van der Waals surface area (Å²) in [4.78, 5) is 15.5. The van der Waals surface area contributed by atoms with Gasteiger partial charge in [0.2, 0.25) is 5.43 Å². The zero-order chi connectivity index (χ0) is 18.1. The van der Waals surface area contributed by atoms with Crippen LogP contribution in [0.25, 0.3) is 22.1 Å². The topological polar surface area (TPSA) is 42.7 Å². The summed E-state index contributed by atoms with van der Waals surface area (Å²) in [5.41, 5.74) is 1.56. The number of fused-ring (bicyclic) bond motifs is 1. The molecule has 1 aliphatic rings. The van der Waals surface area contributed by atoms with E-state index in [4.69, 9.17) is 9.15 Å². The molecule has 3 aromatic rings. The lowest BCUT2D eigenvalue weighted by Gasteiger charge is -2.26. The molecule has 2 aromatic carbocycles. The average molecular weight is 418 g/mol. The van der Waals surface area contributed by atoms with Crippen LogP contribution in [0.15, 0.2) is 56.1 Å². The van der Waals surface area contributed by atoms with Crippen molar-refractivity contribution in [3.63, 3.8) is 0 Å². The Kier molecular flexibility index (Phi) is 4.89. The Bertz CT molecular complexity index is 994. The van der Waals surface area contributed by atoms with Crippen LogP contribution >= 0.6 is 15.9 Å². The van der Waals surface area contributed by atoms with Gasteiger partial charge in [-0.05, 0) is 45.8 Å². The van der Waals surface area contributed by atoms with Crippen LogP contribution < -0.4 is 5.43 Å². The molecule has 1 saturated heterocycles. The predicted molar refractivity (Wildman–Crippen MR) is 102 cm³/mol. The summed E-state index contributed by atoms with van der Waals surface area (Å²) in [5.74, 6) is 0.254. The molecule has 0 radical (unpaired) electrons. The van der Waals surface area contributed by atoms with Crippen molar-refractivity contribution in [3.05, 3.63) is 68.7 Å². The Hall–Kier alpha value is -2.02. The Morgan fingerprint density at radius 1 is 1.08 bits per heavy atom. The minimum Gasteiger partial charge on any atom is -0.459 e. The predicted octanol–water partition coefficient (Wildman–Crippen LogP) is 4.19. The third kappa shape index (κ3) is 3.32. The smallest absolute Gasteiger partial charge is 0.201 e. The molecule has 0 amide bonds. The number of morpholine rings is 1. The Morgan fingerprint density at radius 3 is 2.54 bits per heavy atom. The lowest BCUT2D eigenvalue weighted by Crippen LogP contribution is -2.36. The maximum Gasteiger partial charge on any atom is 0.201 e. The van der Waals surface area contributed by atoms with Crippen LogP contribution in [0.4, 0.5) is 4.39 Å². The number of benzene rings is 2. The van der Waals surface area contributed by atoms with E-state index in [0.717, 1.165) is 13.1 Å². The van der Waals surface area contributed by atoms with Gasteiger partial charge in [-0.3, -0.25) is 9.69 Å². The third-order valence-electron chi connectivity index (χ3n) is 4.55. The highest BCUT2D eigenvalue weighted by atomic mass is 79.9. The van der Waals surface area contributed by atoms with Crippen LogP contribution in [0.3, 0.4) is 0 Å². The number of nitrogens with zero attached hydrogens (tertiary/aromatic N) is 1. The number of hydrogen-bond acceptors (Lipinski definition) is 4. The van der Waals surface area contributed by atoms with E-state index in [9.17, 15) is 9.18 Å². The van der Waals surface area contributed by atoms with Crippen molar-refractivity contribution in [2.75, 3.05) is 26.3 Å². The Balaban J connectivity index is 1.91. The van der Waals surface area contributed by atoms with Gasteiger partial charge in [0.05, 0.1) is 30.7 Å². The minimum atomic E-state index is -0.338. The number of hydrogen-bond donors (Lipinski definition) is 0. The lowest BCUT2D eigenvalue weighted by atomic mass is 10.0. The second-order valence-electron chi connectivity index (χ2n) is 6.24. The van der Waals surface area contributed by atoms with Gasteiger partial charge in [0.1, 0.15) is 17.2 Å². The van der Waals surface area contributed by atoms with E-state index >= 15 is 0 Å². The third-order valence-corrected chi connectivity index (χ3v) is 5.21. The summed E-state index contributed by atoms with van der Waals surface area (Å²) >= 11 is 3.44. The Morgan fingerprint density at radius 2 is 1.81 bits per heavy atom. The quantitative estimate of drug-likeness (QED) is 0.640. The molecule has 0 spiro atoms. The van der Waals surface area contributed by atoms with Crippen LogP contribution in [0.2, 0.25) is 0 Å². The molecular formula is C20H17BrFNO3. The van der Waals surface area contributed by atoms with E-state index in [2.05, 4.69) is 20.8 Å². The number of rotatable bonds is 3. The highest BCUT2D eigenvalue weighted by Crippen LogP contribution is 2.29. The Labute approximate surface area is 158 Å². The first-order valence-electron chi connectivity index (χ1n) is 8.44. The summed E-state index contributed by atoms with van der Waals surface area (Å²) in [6.45, 7) is 3.39. The first-order valence-corrected chi connectivity index (χ1v) is 9.23. The molecule has 0 bridgehead atoms. The van der Waals surface area contributed by atoms with Crippen LogP contribution in [-0.2, 0) is 11.3 Å². The van der Waals surface area contributed by atoms with E-state index in [1.807, 2.05) is 12.1 Å². The van der Waals surface area contributed by atoms with Crippen molar-refractivity contribution in [1.82, 2.24) is 4.90 Å². The van der Waals surface area contributed by atoms with Gasteiger partial charge >= 0.3 is 0 Å². The number of ether oxygens (including phenoxy) is 1. The summed E-state index contributed by atoms with van der Waals surface area (Å²) < 4.78 is 25.6. The molecule has 134 valence electrons. The molecule has 0 saturated carbocycles. The van der Waals surface area contributed by atoms with Crippen molar-refractivity contribution in [1.29, 1.82) is 0 Å². The fraction of sp³-hybridized carbons (Fsp3) is 0.250. The standard InChI is InChI=1S/C20H17BrFNO3/c21-15-2-1-3-16-19(15)20(24)18(13-4-6-14(22)7-5-13)17(26-16)12-23-8-10-25-11-9-23/h1-7H,8-12H2. The first-order chi connectivity index (χ1) is 12.6. The highest BCUT2D eigenvalue weighted by molar-refractivity contribution is 9.10. The average Bonchev–Trinajstić information content (AvgIpc) is 2.64. The van der Waals surface area contributed by atoms with Gasteiger partial charge in [-0.1, -0.05) is 18.2 Å². The zero-order valence-corrected chi connectivity index (χ0v) is 15.6. The van der Waals surface area contributed by atoms with E-state index in [1.54, 1.807) is 18.2 Å². The maximum absolute atomic E-state index is 13.4. The zero-order valence-electron chi connectivity index (χ0n) is 14.0. The van der Waals surface area contributed by atoms with Gasteiger partial charge in [-0.15, -0.1) is 0 Å². The van der Waals surface area contributed by atoms with Crippen molar-refractivity contribution >= 4 is 26.9 Å². The van der Waals surface area contributed by atoms with Crippen LogP contribution in [0, 0.1) is 5.82 Å². The van der Waals surface area contributed by atoms with Gasteiger partial charge in [0, 0.05) is 17.6 Å². The second kappa shape index (κ2) is 7.31. The molecule has 4 nitrogen and oxygen atoms in total. The molecule has 26 heavy (non-hydrogen) atoms. The molecule has 0 aliphatic carbocycles. The monoisotopic (exact) mass is 417 g/mol. The molecule has 4 rings (SSSR count). The fourth-order valence-corrected chi connectivity index (χ4v) is 3.76. The van der Waals surface area contributed by atoms with Gasteiger partial charge in [0.15, 0.2) is 0 Å². The summed E-state index contributed by atoms with van der Waals surface area (Å²) in [6.07, 6.45) is 0. The van der Waals surface area contributed by atoms with E-state index in [-0.39, 0.29) is 11.2 Å². The molecule has 0 atom stereocenters. The first kappa shape index (κ1) is 17.4. The molecule has 1 fully saturated rings. The van der Waals surface area contributed by atoms with Crippen molar-refractivity contribution < 1.29 is 13.5 Å². The lowest BCUT2D eigenvalue weighted by molar-refractivity contribution is 0.0315. The van der Waals surface area contributed by atoms with E-state index in [1.165, 1.54) is 12.1 Å². The maximum atomic E-state index is 13.4. The van der Waals surface area contributed by atoms with Crippen molar-refractivity contribution in [3.8, 4) is 11.1 Å². The van der Waals surface area contributed by atoms with Gasteiger partial charge in [-0.25, -0.2) is 4.39 Å². The van der Waals surface area contributed by atoms with E-state index < -0.39 is 0 Å². The summed E-state index contributed by atoms with van der Waals surface area (Å²) in [6, 6.07) is 11.4. The van der Waals surface area contributed by atoms with Crippen molar-refractivity contribution in [2.45, 2.75) is 6.54 Å². The van der Waals surface area contributed by atoms with Crippen LogP contribution in [0.1, 0.15) is 5.76 Å². The van der Waals surface area contributed by atoms with Crippen LogP contribution in [0.5, 0.6) is 0 Å². The van der Waals surface area contributed by atoms with Gasteiger partial charge in [-0.2, -0.15) is 0 Å². The molecule has 6 heteroatoms. The van der Waals surface area contributed by atoms with Gasteiger partial charge in [0.25, 0.3) is 0 Å². The second-order valence-corrected chi connectivity index (χ2v) is 7.09. The largest absolute Gasteiger partial charge is 0.459 e. The summed E-state index contributed by atoms with van der Waals surface area (Å²) in [7, 11) is 0. The SMILES string of the molecule is O=c1c(-c2ccc(F)cc2)c(CN2CCOCC2)oc2cccc(Br)c12. The molecule has 1 aromatic heterocycles. The number of halogens is 2. The molecule has 0 unspecified atom stereocenters. The van der Waals surface area contributed by atoms with Crippen molar-refractivity contribution in [2.24, 2.45) is 0 Å². The highest BCUT2D eigenvalue weighted by Gasteiger charge is 2.21.